The fourth-order valence-electron chi connectivity index (χ4n) is 2.43. The third kappa shape index (κ3) is 1.91. The smallest absolute Gasteiger partial charge is 0.273 e. The second-order valence-corrected chi connectivity index (χ2v) is 4.91. The van der Waals surface area contributed by atoms with Crippen molar-refractivity contribution >= 4 is 17.5 Å². The van der Waals surface area contributed by atoms with Crippen LogP contribution in [0, 0.1) is 10.1 Å². The van der Waals surface area contributed by atoms with Crippen molar-refractivity contribution in [2.24, 2.45) is 0 Å². The molecule has 1 aromatic rings. The Balaban J connectivity index is 2.64. The van der Waals surface area contributed by atoms with Crippen molar-refractivity contribution in [1.29, 1.82) is 0 Å². The Morgan fingerprint density at radius 3 is 2.50 bits per heavy atom. The van der Waals surface area contributed by atoms with E-state index in [4.69, 9.17) is 4.74 Å². The van der Waals surface area contributed by atoms with Gasteiger partial charge in [0.05, 0.1) is 17.4 Å². The van der Waals surface area contributed by atoms with E-state index in [9.17, 15) is 19.7 Å². The summed E-state index contributed by atoms with van der Waals surface area (Å²) >= 11 is 0. The van der Waals surface area contributed by atoms with Gasteiger partial charge in [-0.05, 0) is 19.1 Å². The number of carbonyl (C=O) groups excluding carboxylic acids is 2. The maximum absolute atomic E-state index is 12.3. The third-order valence-corrected chi connectivity index (χ3v) is 3.65. The van der Waals surface area contributed by atoms with E-state index < -0.39 is 16.2 Å². The van der Waals surface area contributed by atoms with Gasteiger partial charge in [0.1, 0.15) is 5.75 Å². The van der Waals surface area contributed by atoms with Crippen LogP contribution in [0.25, 0.3) is 0 Å². The molecular weight excluding hydrogens is 264 g/mol. The number of nitrogens with zero attached hydrogens (tertiary/aromatic N) is 2. The summed E-state index contributed by atoms with van der Waals surface area (Å²) in [5.74, 6) is -0.393. The molecule has 20 heavy (non-hydrogen) atoms. The lowest BCUT2D eigenvalue weighted by atomic mass is 9.80. The minimum absolute atomic E-state index is 0.0870. The fraction of sp³-hybridized carbons (Fsp3) is 0.385. The van der Waals surface area contributed by atoms with Crippen LogP contribution in [0.2, 0.25) is 0 Å². The molecule has 0 aromatic heterocycles. The number of benzene rings is 1. The van der Waals surface area contributed by atoms with Crippen LogP contribution < -0.4 is 4.74 Å². The van der Waals surface area contributed by atoms with E-state index in [0.29, 0.717) is 5.75 Å². The molecule has 106 valence electrons. The predicted molar refractivity (Wildman–Crippen MR) is 69.4 cm³/mol. The molecule has 1 atom stereocenters. The van der Waals surface area contributed by atoms with Crippen LogP contribution in [0.5, 0.6) is 5.75 Å². The second kappa shape index (κ2) is 4.59. The quantitative estimate of drug-likeness (QED) is 0.471. The molecule has 2 rings (SSSR count). The molecule has 0 bridgehead atoms. The molecule has 1 aliphatic heterocycles. The minimum Gasteiger partial charge on any atom is -0.497 e. The van der Waals surface area contributed by atoms with E-state index in [1.807, 2.05) is 0 Å². The number of rotatable bonds is 3. The van der Waals surface area contributed by atoms with Crippen LogP contribution >= 0.6 is 0 Å². The predicted octanol–water partition coefficient (Wildman–Crippen LogP) is 1.25. The van der Waals surface area contributed by atoms with Crippen molar-refractivity contribution in [3.05, 3.63) is 33.9 Å². The van der Waals surface area contributed by atoms with Crippen molar-refractivity contribution in [3.63, 3.8) is 0 Å². The first-order chi connectivity index (χ1) is 9.31. The number of carbonyl (C=O) groups is 2. The van der Waals surface area contributed by atoms with E-state index in [-0.39, 0.29) is 23.6 Å². The van der Waals surface area contributed by atoms with E-state index in [2.05, 4.69) is 0 Å². The summed E-state index contributed by atoms with van der Waals surface area (Å²) in [6.45, 7) is 1.54. The molecular formula is C13H14N2O5. The van der Waals surface area contributed by atoms with Crippen molar-refractivity contribution < 1.29 is 19.2 Å². The average Bonchev–Trinajstić information content (AvgIpc) is 2.62. The summed E-state index contributed by atoms with van der Waals surface area (Å²) in [5, 5.41) is 11.1. The molecule has 1 aromatic carbocycles. The Morgan fingerprint density at radius 2 is 2.05 bits per heavy atom. The van der Waals surface area contributed by atoms with E-state index >= 15 is 0 Å². The average molecular weight is 278 g/mol. The van der Waals surface area contributed by atoms with Gasteiger partial charge in [0.15, 0.2) is 0 Å². The molecule has 1 fully saturated rings. The van der Waals surface area contributed by atoms with Gasteiger partial charge >= 0.3 is 0 Å². The molecule has 1 saturated heterocycles. The minimum atomic E-state index is -1.23. The van der Waals surface area contributed by atoms with Gasteiger partial charge in [-0.25, -0.2) is 0 Å². The summed E-state index contributed by atoms with van der Waals surface area (Å²) in [6.07, 6.45) is -0.0870. The van der Waals surface area contributed by atoms with Crippen LogP contribution in [0.15, 0.2) is 18.2 Å². The van der Waals surface area contributed by atoms with Crippen molar-refractivity contribution in [2.75, 3.05) is 14.2 Å². The van der Waals surface area contributed by atoms with Gasteiger partial charge in [0.25, 0.3) is 5.69 Å². The lowest BCUT2D eigenvalue weighted by molar-refractivity contribution is -0.386. The number of amides is 2. The Morgan fingerprint density at radius 1 is 1.40 bits per heavy atom. The zero-order valence-corrected chi connectivity index (χ0v) is 11.4. The number of hydrogen-bond acceptors (Lipinski definition) is 5. The molecule has 7 nitrogen and oxygen atoms in total. The largest absolute Gasteiger partial charge is 0.497 e. The van der Waals surface area contributed by atoms with E-state index in [1.54, 1.807) is 6.92 Å². The molecule has 0 saturated carbocycles. The first kappa shape index (κ1) is 14.0. The Bertz CT molecular complexity index is 613. The summed E-state index contributed by atoms with van der Waals surface area (Å²) in [4.78, 5) is 35.6. The van der Waals surface area contributed by atoms with Gasteiger partial charge in [0.2, 0.25) is 11.8 Å². The highest BCUT2D eigenvalue weighted by molar-refractivity contribution is 6.09. The van der Waals surface area contributed by atoms with Crippen LogP contribution in [-0.4, -0.2) is 35.8 Å². The van der Waals surface area contributed by atoms with E-state index in [1.165, 1.54) is 32.4 Å². The maximum atomic E-state index is 12.3. The monoisotopic (exact) mass is 278 g/mol. The zero-order chi connectivity index (χ0) is 15.1. The first-order valence-electron chi connectivity index (χ1n) is 5.95. The van der Waals surface area contributed by atoms with Gasteiger partial charge in [-0.2, -0.15) is 0 Å². The zero-order valence-electron chi connectivity index (χ0n) is 11.4. The normalized spacial score (nSPS) is 22.2. The lowest BCUT2D eigenvalue weighted by Gasteiger charge is -2.21. The summed E-state index contributed by atoms with van der Waals surface area (Å²) in [5.41, 5.74) is -1.22. The fourth-order valence-corrected chi connectivity index (χ4v) is 2.43. The van der Waals surface area contributed by atoms with Gasteiger partial charge in [0, 0.05) is 25.1 Å². The number of likely N-dealkylation sites (N-methyl/N-ethyl adjacent to an activating group) is 1. The van der Waals surface area contributed by atoms with Crippen LogP contribution in [0.3, 0.4) is 0 Å². The summed E-state index contributed by atoms with van der Waals surface area (Å²) in [7, 11) is 2.81. The van der Waals surface area contributed by atoms with Crippen molar-refractivity contribution in [2.45, 2.75) is 18.8 Å². The number of methoxy groups -OCH3 is 1. The molecule has 7 heteroatoms. The number of ether oxygens (including phenoxy) is 1. The molecule has 0 radical (unpaired) electrons. The number of likely N-dealkylation sites (tertiary alicyclic amines) is 1. The first-order valence-corrected chi connectivity index (χ1v) is 5.95. The molecule has 1 unspecified atom stereocenters. The third-order valence-electron chi connectivity index (χ3n) is 3.65. The number of hydrogen-bond donors (Lipinski definition) is 0. The SMILES string of the molecule is COc1ccc([N+](=O)[O-])c(C2(C)CC(=O)N(C)C2=O)c1. The van der Waals surface area contributed by atoms with Gasteiger partial charge < -0.3 is 4.74 Å². The highest BCUT2D eigenvalue weighted by atomic mass is 16.6. The van der Waals surface area contributed by atoms with Gasteiger partial charge in [-0.3, -0.25) is 24.6 Å². The summed E-state index contributed by atoms with van der Waals surface area (Å²) < 4.78 is 5.05. The Hall–Kier alpha value is -2.44. The molecule has 1 heterocycles. The van der Waals surface area contributed by atoms with Crippen LogP contribution in [0.4, 0.5) is 5.69 Å². The molecule has 0 aliphatic carbocycles. The molecule has 0 spiro atoms. The molecule has 0 N–H and O–H groups in total. The number of nitro groups is 1. The topological polar surface area (TPSA) is 89.8 Å². The molecule has 1 aliphatic rings. The second-order valence-electron chi connectivity index (χ2n) is 4.91. The van der Waals surface area contributed by atoms with Gasteiger partial charge in [-0.15, -0.1) is 0 Å². The lowest BCUT2D eigenvalue weighted by Crippen LogP contribution is -2.34. The van der Waals surface area contributed by atoms with Gasteiger partial charge in [-0.1, -0.05) is 0 Å². The Labute approximate surface area is 115 Å². The van der Waals surface area contributed by atoms with Crippen LogP contribution in [0.1, 0.15) is 18.9 Å². The molecule has 2 amide bonds. The van der Waals surface area contributed by atoms with E-state index in [0.717, 1.165) is 4.90 Å². The Kier molecular flexibility index (Phi) is 3.21. The number of nitro benzene ring substituents is 1. The standard InChI is InChI=1S/C13H14N2O5/c1-13(7-11(16)14(2)12(13)17)9-6-8(20-3)4-5-10(9)15(18)19/h4-6H,7H2,1-3H3. The number of imide groups is 1. The van der Waals surface area contributed by atoms with Crippen molar-refractivity contribution in [1.82, 2.24) is 4.90 Å². The summed E-state index contributed by atoms with van der Waals surface area (Å²) in [6, 6.07) is 4.19. The van der Waals surface area contributed by atoms with Crippen molar-refractivity contribution in [3.8, 4) is 5.75 Å². The maximum Gasteiger partial charge on any atom is 0.273 e. The highest BCUT2D eigenvalue weighted by Gasteiger charge is 2.50. The van der Waals surface area contributed by atoms with Crippen LogP contribution in [-0.2, 0) is 15.0 Å². The highest BCUT2D eigenvalue weighted by Crippen LogP contribution is 2.41.